The van der Waals surface area contributed by atoms with Crippen molar-refractivity contribution < 1.29 is 19.1 Å². The van der Waals surface area contributed by atoms with Crippen LogP contribution in [0.3, 0.4) is 0 Å². The molecule has 0 spiro atoms. The number of esters is 1. The SMILES string of the molecule is CCOC(=O)Cn1cccc(NC(=O)C(=O)Nc2ccc(Cc3ccncc3)cc2)c1=O. The van der Waals surface area contributed by atoms with E-state index in [0.717, 1.165) is 15.7 Å². The first-order valence-electron chi connectivity index (χ1n) is 9.91. The molecule has 0 aliphatic carbocycles. The molecule has 164 valence electrons. The average Bonchev–Trinajstić information content (AvgIpc) is 2.78. The molecule has 0 aliphatic heterocycles. The number of aromatic nitrogens is 2. The molecule has 2 N–H and O–H groups in total. The highest BCUT2D eigenvalue weighted by Crippen LogP contribution is 2.13. The fraction of sp³-hybridized carbons (Fsp3) is 0.174. The highest BCUT2D eigenvalue weighted by atomic mass is 16.5. The second-order valence-electron chi connectivity index (χ2n) is 6.80. The van der Waals surface area contributed by atoms with Gasteiger partial charge < -0.3 is 19.9 Å². The molecule has 3 rings (SSSR count). The second-order valence-corrected chi connectivity index (χ2v) is 6.80. The molecule has 3 aromatic rings. The molecule has 9 heteroatoms. The maximum atomic E-state index is 12.4. The van der Waals surface area contributed by atoms with Gasteiger partial charge in [0.2, 0.25) is 0 Å². The largest absolute Gasteiger partial charge is 0.465 e. The van der Waals surface area contributed by atoms with E-state index in [9.17, 15) is 19.2 Å². The zero-order valence-corrected chi connectivity index (χ0v) is 17.4. The third-order valence-corrected chi connectivity index (χ3v) is 4.45. The Morgan fingerprint density at radius 3 is 2.28 bits per heavy atom. The highest BCUT2D eigenvalue weighted by Gasteiger charge is 2.17. The van der Waals surface area contributed by atoms with Crippen LogP contribution in [0.5, 0.6) is 0 Å². The third-order valence-electron chi connectivity index (χ3n) is 4.45. The molecule has 9 nitrogen and oxygen atoms in total. The lowest BCUT2D eigenvalue weighted by molar-refractivity contribution is -0.143. The number of ether oxygens (including phenoxy) is 1. The Hall–Kier alpha value is -4.27. The van der Waals surface area contributed by atoms with Gasteiger partial charge in [-0.3, -0.25) is 24.2 Å². The number of rotatable bonds is 7. The monoisotopic (exact) mass is 434 g/mol. The number of nitrogens with one attached hydrogen (secondary N) is 2. The molecule has 0 aliphatic rings. The Morgan fingerprint density at radius 2 is 1.59 bits per heavy atom. The second kappa shape index (κ2) is 10.7. The van der Waals surface area contributed by atoms with Gasteiger partial charge in [0.05, 0.1) is 6.61 Å². The van der Waals surface area contributed by atoms with Gasteiger partial charge in [-0.25, -0.2) is 0 Å². The Bertz CT molecular complexity index is 1160. The predicted molar refractivity (Wildman–Crippen MR) is 118 cm³/mol. The van der Waals surface area contributed by atoms with Crippen molar-refractivity contribution in [1.29, 1.82) is 0 Å². The summed E-state index contributed by atoms with van der Waals surface area (Å²) in [5.74, 6) is -2.51. The molecule has 0 bridgehead atoms. The number of carbonyl (C=O) groups is 3. The van der Waals surface area contributed by atoms with Crippen LogP contribution in [0.1, 0.15) is 18.1 Å². The maximum Gasteiger partial charge on any atom is 0.326 e. The number of hydrogen-bond donors (Lipinski definition) is 2. The van der Waals surface area contributed by atoms with E-state index in [0.29, 0.717) is 12.1 Å². The van der Waals surface area contributed by atoms with Gasteiger partial charge >= 0.3 is 17.8 Å². The fourth-order valence-electron chi connectivity index (χ4n) is 2.91. The van der Waals surface area contributed by atoms with Crippen LogP contribution in [-0.4, -0.2) is 33.9 Å². The number of carbonyl (C=O) groups excluding carboxylic acids is 3. The maximum absolute atomic E-state index is 12.4. The molecular weight excluding hydrogens is 412 g/mol. The van der Waals surface area contributed by atoms with E-state index in [1.807, 2.05) is 24.3 Å². The summed E-state index contributed by atoms with van der Waals surface area (Å²) >= 11 is 0. The van der Waals surface area contributed by atoms with Crippen LogP contribution in [0.2, 0.25) is 0 Å². The van der Waals surface area contributed by atoms with Gasteiger partial charge in [-0.1, -0.05) is 12.1 Å². The minimum atomic E-state index is -1.00. The number of nitrogens with zero attached hydrogens (tertiary/aromatic N) is 2. The van der Waals surface area contributed by atoms with Crippen molar-refractivity contribution in [3.8, 4) is 0 Å². The minimum Gasteiger partial charge on any atom is -0.465 e. The summed E-state index contributed by atoms with van der Waals surface area (Å²) in [5, 5.41) is 4.77. The summed E-state index contributed by atoms with van der Waals surface area (Å²) in [6.07, 6.45) is 5.55. The molecule has 2 heterocycles. The van der Waals surface area contributed by atoms with Crippen molar-refractivity contribution in [3.63, 3.8) is 0 Å². The Labute approximate surface area is 184 Å². The smallest absolute Gasteiger partial charge is 0.326 e. The normalized spacial score (nSPS) is 10.3. The highest BCUT2D eigenvalue weighted by molar-refractivity contribution is 6.43. The van der Waals surface area contributed by atoms with Crippen LogP contribution in [0.25, 0.3) is 0 Å². The number of pyridine rings is 2. The predicted octanol–water partition coefficient (Wildman–Crippen LogP) is 1.97. The zero-order chi connectivity index (χ0) is 22.9. The Kier molecular flexibility index (Phi) is 7.47. The Balaban J connectivity index is 1.60. The summed E-state index contributed by atoms with van der Waals surface area (Å²) in [5.41, 5.74) is 1.83. The van der Waals surface area contributed by atoms with Crippen LogP contribution in [0.15, 0.2) is 71.9 Å². The summed E-state index contributed by atoms with van der Waals surface area (Å²) in [6, 6.07) is 13.7. The first-order chi connectivity index (χ1) is 15.5. The van der Waals surface area contributed by atoms with Gasteiger partial charge in [0.1, 0.15) is 12.2 Å². The summed E-state index contributed by atoms with van der Waals surface area (Å²) < 4.78 is 5.91. The lowest BCUT2D eigenvalue weighted by Gasteiger charge is -2.09. The molecule has 1 aromatic carbocycles. The standard InChI is InChI=1S/C23H22N4O5/c1-2-32-20(28)15-27-13-3-4-19(23(27)31)26-22(30)21(29)25-18-7-5-16(6-8-18)14-17-9-11-24-12-10-17/h3-13H,2,14-15H2,1H3,(H,25,29)(H,26,30). The third kappa shape index (κ3) is 6.11. The molecule has 32 heavy (non-hydrogen) atoms. The van der Waals surface area contributed by atoms with E-state index in [-0.39, 0.29) is 18.8 Å². The number of hydrogen-bond acceptors (Lipinski definition) is 6. The molecular formula is C23H22N4O5. The first-order valence-corrected chi connectivity index (χ1v) is 9.91. The quantitative estimate of drug-likeness (QED) is 0.433. The van der Waals surface area contributed by atoms with Gasteiger partial charge in [0, 0.05) is 24.3 Å². The van der Waals surface area contributed by atoms with Gasteiger partial charge in [-0.05, 0) is 60.9 Å². The van der Waals surface area contributed by atoms with Crippen molar-refractivity contribution in [2.75, 3.05) is 17.2 Å². The average molecular weight is 434 g/mol. The molecule has 2 amide bonds. The number of anilines is 2. The van der Waals surface area contributed by atoms with E-state index < -0.39 is 23.3 Å². The van der Waals surface area contributed by atoms with Gasteiger partial charge in [-0.15, -0.1) is 0 Å². The number of amides is 2. The van der Waals surface area contributed by atoms with Crippen LogP contribution < -0.4 is 16.2 Å². The minimum absolute atomic E-state index is 0.121. The van der Waals surface area contributed by atoms with Crippen molar-refractivity contribution in [2.45, 2.75) is 19.9 Å². The molecule has 0 saturated carbocycles. The van der Waals surface area contributed by atoms with Gasteiger partial charge in [-0.2, -0.15) is 0 Å². The van der Waals surface area contributed by atoms with Crippen molar-refractivity contribution in [1.82, 2.24) is 9.55 Å². The Morgan fingerprint density at radius 1 is 0.938 bits per heavy atom. The molecule has 0 fully saturated rings. The van der Waals surface area contributed by atoms with Crippen LogP contribution in [0.4, 0.5) is 11.4 Å². The van der Waals surface area contributed by atoms with Crippen LogP contribution in [-0.2, 0) is 32.1 Å². The van der Waals surface area contributed by atoms with Gasteiger partial charge in [0.25, 0.3) is 5.56 Å². The fourth-order valence-corrected chi connectivity index (χ4v) is 2.91. The van der Waals surface area contributed by atoms with E-state index in [1.165, 1.54) is 18.3 Å². The molecule has 0 unspecified atom stereocenters. The molecule has 0 radical (unpaired) electrons. The molecule has 2 aromatic heterocycles. The first kappa shape index (κ1) is 22.4. The van der Waals surface area contributed by atoms with Crippen molar-refractivity contribution in [2.24, 2.45) is 0 Å². The van der Waals surface area contributed by atoms with Crippen molar-refractivity contribution >= 4 is 29.2 Å². The van der Waals surface area contributed by atoms with E-state index >= 15 is 0 Å². The van der Waals surface area contributed by atoms with Gasteiger partial charge in [0.15, 0.2) is 0 Å². The summed E-state index contributed by atoms with van der Waals surface area (Å²) in [4.78, 5) is 52.5. The lowest BCUT2D eigenvalue weighted by atomic mass is 10.1. The molecule has 0 atom stereocenters. The summed E-state index contributed by atoms with van der Waals surface area (Å²) in [7, 11) is 0. The number of benzene rings is 1. The van der Waals surface area contributed by atoms with Crippen LogP contribution >= 0.6 is 0 Å². The van der Waals surface area contributed by atoms with E-state index in [4.69, 9.17) is 4.74 Å². The lowest BCUT2D eigenvalue weighted by Crippen LogP contribution is -2.33. The van der Waals surface area contributed by atoms with Crippen molar-refractivity contribution in [3.05, 3.63) is 88.6 Å². The molecule has 0 saturated heterocycles. The van der Waals surface area contributed by atoms with Crippen LogP contribution in [0, 0.1) is 0 Å². The topological polar surface area (TPSA) is 119 Å². The zero-order valence-electron chi connectivity index (χ0n) is 17.4. The van der Waals surface area contributed by atoms with E-state index in [2.05, 4.69) is 15.6 Å². The van der Waals surface area contributed by atoms with E-state index in [1.54, 1.807) is 31.5 Å². The summed E-state index contributed by atoms with van der Waals surface area (Å²) in [6.45, 7) is 1.55.